The van der Waals surface area contributed by atoms with E-state index in [0.717, 1.165) is 5.69 Å². The van der Waals surface area contributed by atoms with Crippen molar-refractivity contribution in [1.82, 2.24) is 4.98 Å². The van der Waals surface area contributed by atoms with Crippen LogP contribution in [0.5, 0.6) is 0 Å². The lowest BCUT2D eigenvalue weighted by Crippen LogP contribution is -2.13. The van der Waals surface area contributed by atoms with Gasteiger partial charge in [0.15, 0.2) is 0 Å². The van der Waals surface area contributed by atoms with Crippen LogP contribution in [-0.2, 0) is 4.79 Å². The van der Waals surface area contributed by atoms with Crippen molar-refractivity contribution in [2.24, 2.45) is 0 Å². The van der Waals surface area contributed by atoms with Crippen molar-refractivity contribution in [2.75, 3.05) is 16.0 Å². The van der Waals surface area contributed by atoms with E-state index in [0.29, 0.717) is 28.2 Å². The molecule has 0 spiro atoms. The molecule has 1 heterocycles. The van der Waals surface area contributed by atoms with E-state index in [9.17, 15) is 9.59 Å². The van der Waals surface area contributed by atoms with Crippen molar-refractivity contribution in [1.29, 1.82) is 5.26 Å². The summed E-state index contributed by atoms with van der Waals surface area (Å²) in [5.41, 5.74) is 3.39. The lowest BCUT2D eigenvalue weighted by molar-refractivity contribution is -0.114. The highest BCUT2D eigenvalue weighted by Crippen LogP contribution is 2.19. The zero-order chi connectivity index (χ0) is 19.9. The molecule has 0 bridgehead atoms. The summed E-state index contributed by atoms with van der Waals surface area (Å²) in [5.74, 6) is -0.520. The van der Waals surface area contributed by atoms with Crippen LogP contribution in [0.2, 0.25) is 0 Å². The number of carbonyl (C=O) groups is 2. The van der Waals surface area contributed by atoms with Gasteiger partial charge in [0.1, 0.15) is 0 Å². The molecule has 138 valence electrons. The quantitative estimate of drug-likeness (QED) is 0.630. The largest absolute Gasteiger partial charge is 0.354 e. The van der Waals surface area contributed by atoms with Gasteiger partial charge in [0.2, 0.25) is 5.91 Å². The number of rotatable bonds is 5. The summed E-state index contributed by atoms with van der Waals surface area (Å²) in [6.45, 7) is 1.42. The van der Waals surface area contributed by atoms with Crippen LogP contribution in [0, 0.1) is 11.3 Å². The molecular formula is C21H17N5O2. The summed E-state index contributed by atoms with van der Waals surface area (Å²) >= 11 is 0. The molecule has 0 fully saturated rings. The van der Waals surface area contributed by atoms with Crippen LogP contribution in [0.15, 0.2) is 67.0 Å². The third-order valence-corrected chi connectivity index (χ3v) is 3.72. The summed E-state index contributed by atoms with van der Waals surface area (Å²) in [7, 11) is 0. The van der Waals surface area contributed by atoms with E-state index in [2.05, 4.69) is 27.0 Å². The summed E-state index contributed by atoms with van der Waals surface area (Å²) < 4.78 is 0. The third-order valence-electron chi connectivity index (χ3n) is 3.72. The number of carbonyl (C=O) groups excluding carboxylic acids is 2. The Hall–Kier alpha value is -4.18. The van der Waals surface area contributed by atoms with E-state index < -0.39 is 0 Å². The first-order chi connectivity index (χ1) is 13.5. The first-order valence-electron chi connectivity index (χ1n) is 8.45. The number of hydrogen-bond donors (Lipinski definition) is 3. The Morgan fingerprint density at radius 2 is 1.61 bits per heavy atom. The normalized spacial score (nSPS) is 9.86. The van der Waals surface area contributed by atoms with Gasteiger partial charge >= 0.3 is 0 Å². The first kappa shape index (κ1) is 18.6. The molecule has 3 aromatic rings. The van der Waals surface area contributed by atoms with Crippen LogP contribution in [0.3, 0.4) is 0 Å². The highest BCUT2D eigenvalue weighted by atomic mass is 16.2. The predicted molar refractivity (Wildman–Crippen MR) is 107 cm³/mol. The Kier molecular flexibility index (Phi) is 5.63. The Morgan fingerprint density at radius 1 is 0.893 bits per heavy atom. The molecule has 0 aliphatic heterocycles. The maximum absolute atomic E-state index is 12.5. The van der Waals surface area contributed by atoms with Crippen LogP contribution in [0.4, 0.5) is 22.7 Å². The van der Waals surface area contributed by atoms with Crippen molar-refractivity contribution >= 4 is 34.6 Å². The number of nitriles is 1. The predicted octanol–water partition coefficient (Wildman–Crippen LogP) is 3.91. The number of aromatic nitrogens is 1. The van der Waals surface area contributed by atoms with Gasteiger partial charge in [0.25, 0.3) is 5.91 Å². The van der Waals surface area contributed by atoms with Crippen molar-refractivity contribution in [3.05, 3.63) is 78.1 Å². The van der Waals surface area contributed by atoms with Crippen molar-refractivity contribution in [3.63, 3.8) is 0 Å². The highest BCUT2D eigenvalue weighted by molar-refractivity contribution is 6.05. The van der Waals surface area contributed by atoms with Crippen LogP contribution in [0.25, 0.3) is 0 Å². The molecule has 3 rings (SSSR count). The Bertz CT molecular complexity index is 1070. The average molecular weight is 371 g/mol. The molecule has 0 unspecified atom stereocenters. The van der Waals surface area contributed by atoms with E-state index in [-0.39, 0.29) is 11.8 Å². The topological polar surface area (TPSA) is 107 Å². The first-order valence-corrected chi connectivity index (χ1v) is 8.45. The molecule has 2 aromatic carbocycles. The molecule has 3 N–H and O–H groups in total. The molecule has 0 saturated carbocycles. The third kappa shape index (κ3) is 4.93. The highest BCUT2D eigenvalue weighted by Gasteiger charge is 2.09. The van der Waals surface area contributed by atoms with Gasteiger partial charge in [-0.05, 0) is 42.5 Å². The zero-order valence-electron chi connectivity index (χ0n) is 15.1. The van der Waals surface area contributed by atoms with Crippen molar-refractivity contribution in [3.8, 4) is 6.07 Å². The maximum atomic E-state index is 12.5. The summed E-state index contributed by atoms with van der Waals surface area (Å²) in [4.78, 5) is 27.8. The summed E-state index contributed by atoms with van der Waals surface area (Å²) in [5, 5.41) is 17.6. The minimum Gasteiger partial charge on any atom is -0.354 e. The second kappa shape index (κ2) is 8.47. The lowest BCUT2D eigenvalue weighted by Gasteiger charge is -2.10. The van der Waals surface area contributed by atoms with Crippen LogP contribution < -0.4 is 16.0 Å². The number of anilines is 4. The zero-order valence-corrected chi connectivity index (χ0v) is 15.1. The van der Waals surface area contributed by atoms with Crippen molar-refractivity contribution in [2.45, 2.75) is 6.92 Å². The fourth-order valence-corrected chi connectivity index (χ4v) is 2.55. The van der Waals surface area contributed by atoms with E-state index in [4.69, 9.17) is 5.26 Å². The van der Waals surface area contributed by atoms with Crippen LogP contribution in [-0.4, -0.2) is 16.8 Å². The number of pyridine rings is 1. The van der Waals surface area contributed by atoms with Gasteiger partial charge in [-0.2, -0.15) is 5.26 Å². The Morgan fingerprint density at radius 3 is 2.36 bits per heavy atom. The average Bonchev–Trinajstić information content (AvgIpc) is 2.68. The fourth-order valence-electron chi connectivity index (χ4n) is 2.55. The van der Waals surface area contributed by atoms with Gasteiger partial charge in [0, 0.05) is 30.2 Å². The minimum absolute atomic E-state index is 0.188. The van der Waals surface area contributed by atoms with E-state index in [1.165, 1.54) is 13.1 Å². The number of amides is 2. The maximum Gasteiger partial charge on any atom is 0.257 e. The minimum atomic E-state index is -0.332. The molecule has 0 aliphatic carbocycles. The number of nitrogens with zero attached hydrogens (tertiary/aromatic N) is 2. The molecular weight excluding hydrogens is 354 g/mol. The van der Waals surface area contributed by atoms with Gasteiger partial charge in [-0.15, -0.1) is 0 Å². The number of hydrogen-bond acceptors (Lipinski definition) is 5. The van der Waals surface area contributed by atoms with Gasteiger partial charge in [0.05, 0.1) is 29.1 Å². The molecule has 7 heteroatoms. The molecule has 1 aromatic heterocycles. The van der Waals surface area contributed by atoms with Crippen LogP contribution >= 0.6 is 0 Å². The second-order valence-corrected chi connectivity index (χ2v) is 6.00. The van der Waals surface area contributed by atoms with Gasteiger partial charge < -0.3 is 16.0 Å². The van der Waals surface area contributed by atoms with Crippen molar-refractivity contribution < 1.29 is 9.59 Å². The monoisotopic (exact) mass is 371 g/mol. The standard InChI is InChI=1S/C21H17N5O2/c1-14(27)24-18-6-3-7-19(10-18)26-21(28)16-9-20(13-23-12-16)25-17-5-2-4-15(8-17)11-22/h2-10,12-13,25H,1H3,(H,24,27)(H,26,28). The van der Waals surface area contributed by atoms with E-state index in [1.807, 2.05) is 6.07 Å². The van der Waals surface area contributed by atoms with Gasteiger partial charge in [-0.1, -0.05) is 12.1 Å². The SMILES string of the molecule is CC(=O)Nc1cccc(NC(=O)c2cncc(Nc3cccc(C#N)c3)c2)c1. The molecule has 28 heavy (non-hydrogen) atoms. The van der Waals surface area contributed by atoms with E-state index in [1.54, 1.807) is 54.7 Å². The molecule has 7 nitrogen and oxygen atoms in total. The number of benzene rings is 2. The smallest absolute Gasteiger partial charge is 0.257 e. The van der Waals surface area contributed by atoms with E-state index >= 15 is 0 Å². The Balaban J connectivity index is 1.73. The fraction of sp³-hybridized carbons (Fsp3) is 0.0476. The summed E-state index contributed by atoms with van der Waals surface area (Å²) in [6, 6.07) is 17.6. The van der Waals surface area contributed by atoms with Gasteiger partial charge in [-0.3, -0.25) is 14.6 Å². The lowest BCUT2D eigenvalue weighted by atomic mass is 10.2. The Labute approximate surface area is 162 Å². The molecule has 0 aliphatic rings. The summed E-state index contributed by atoms with van der Waals surface area (Å²) in [6.07, 6.45) is 3.05. The molecule has 0 atom stereocenters. The molecule has 2 amide bonds. The second-order valence-electron chi connectivity index (χ2n) is 6.00. The molecule has 0 radical (unpaired) electrons. The molecule has 0 saturated heterocycles. The van der Waals surface area contributed by atoms with Gasteiger partial charge in [-0.25, -0.2) is 0 Å². The van der Waals surface area contributed by atoms with Crippen LogP contribution in [0.1, 0.15) is 22.8 Å². The number of nitrogens with one attached hydrogen (secondary N) is 3.